The fraction of sp³-hybridized carbons (Fsp3) is 0.618. The maximum absolute atomic E-state index is 14.1. The third kappa shape index (κ3) is 8.27. The Bertz CT molecular complexity index is 1540. The lowest BCUT2D eigenvalue weighted by molar-refractivity contribution is -0.137. The van der Waals surface area contributed by atoms with Gasteiger partial charge in [0, 0.05) is 69.7 Å². The Kier molecular flexibility index (Phi) is 11.4. The van der Waals surface area contributed by atoms with E-state index in [0.717, 1.165) is 62.1 Å². The van der Waals surface area contributed by atoms with Gasteiger partial charge in [0.05, 0.1) is 28.5 Å². The van der Waals surface area contributed by atoms with Crippen LogP contribution in [0.3, 0.4) is 0 Å². The molecule has 0 bridgehead atoms. The lowest BCUT2D eigenvalue weighted by atomic mass is 9.98. The minimum absolute atomic E-state index is 0.0498. The molecule has 11 nitrogen and oxygen atoms in total. The third-order valence-corrected chi connectivity index (χ3v) is 11.7. The molecule has 2 aromatic rings. The summed E-state index contributed by atoms with van der Waals surface area (Å²) in [6.45, 7) is 6.33. The number of rotatable bonds is 7. The van der Waals surface area contributed by atoms with E-state index in [1.54, 1.807) is 21.1 Å². The summed E-state index contributed by atoms with van der Waals surface area (Å²) >= 11 is 7.90. The number of likely N-dealkylation sites (tertiary alicyclic amines) is 2. The van der Waals surface area contributed by atoms with Crippen molar-refractivity contribution in [2.24, 2.45) is 0 Å². The van der Waals surface area contributed by atoms with E-state index in [-0.39, 0.29) is 40.7 Å². The average Bonchev–Trinajstić information content (AvgIpc) is 3.44. The zero-order valence-corrected chi connectivity index (χ0v) is 30.1. The molecular formula is C34H46ClF3N8O3S. The molecule has 16 heteroatoms. The highest BCUT2D eigenvalue weighted by Crippen LogP contribution is 2.40. The number of likely N-dealkylation sites (N-methyl/N-ethyl adjacent to an activating group) is 1. The molecular weight excluding hydrogens is 693 g/mol. The number of anilines is 2. The van der Waals surface area contributed by atoms with Gasteiger partial charge in [-0.05, 0) is 81.4 Å². The number of hydrogen-bond donors (Lipinski definition) is 3. The smallest absolute Gasteiger partial charge is 0.386 e. The van der Waals surface area contributed by atoms with E-state index in [9.17, 15) is 27.6 Å². The van der Waals surface area contributed by atoms with Crippen molar-refractivity contribution in [3.63, 3.8) is 0 Å². The quantitative estimate of drug-likeness (QED) is 0.360. The van der Waals surface area contributed by atoms with Crippen LogP contribution in [-0.2, 0) is 23.9 Å². The lowest BCUT2D eigenvalue weighted by Gasteiger charge is -2.41. The van der Waals surface area contributed by atoms with Gasteiger partial charge in [-0.3, -0.25) is 9.69 Å². The van der Waals surface area contributed by atoms with E-state index >= 15 is 0 Å². The number of halogens is 4. The van der Waals surface area contributed by atoms with Crippen molar-refractivity contribution in [1.82, 2.24) is 29.8 Å². The standard InChI is InChI=1S/C34H46ClF3N8O3S/c1-39-30-25(34(36,37)38)18-22(19-26(30)35)20-28(31(47)44-11-4-23(5-12-44)43-10-3-9-42(2)15-16-43)41-32(48)45-13-6-24(7-14-45)46-21-29-27(8-17-50-29)40-33(46)49/h8,17-19,23-24,28,39H,3-7,9-16,20-21H2,1-2H3,(H,40,49)(H,41,48)/t28-/m1/s1. The van der Waals surface area contributed by atoms with Crippen molar-refractivity contribution in [2.75, 3.05) is 77.1 Å². The summed E-state index contributed by atoms with van der Waals surface area (Å²) in [5, 5.41) is 10.2. The topological polar surface area (TPSA) is 103 Å². The zero-order chi connectivity index (χ0) is 35.6. The number of thiophene rings is 1. The zero-order valence-electron chi connectivity index (χ0n) is 28.5. The molecule has 3 saturated heterocycles. The van der Waals surface area contributed by atoms with E-state index in [0.29, 0.717) is 51.6 Å². The Morgan fingerprint density at radius 1 is 1.00 bits per heavy atom. The second kappa shape index (κ2) is 15.5. The van der Waals surface area contributed by atoms with Crippen LogP contribution in [0.5, 0.6) is 0 Å². The summed E-state index contributed by atoms with van der Waals surface area (Å²) in [5.41, 5.74) is -0.127. The molecule has 0 spiro atoms. The summed E-state index contributed by atoms with van der Waals surface area (Å²) in [4.78, 5) is 51.7. The number of carbonyl (C=O) groups is 3. The highest BCUT2D eigenvalue weighted by molar-refractivity contribution is 7.10. The average molecular weight is 739 g/mol. The number of amides is 5. The number of nitrogens with zero attached hydrogens (tertiary/aromatic N) is 5. The van der Waals surface area contributed by atoms with Crippen molar-refractivity contribution < 1.29 is 27.6 Å². The van der Waals surface area contributed by atoms with Gasteiger partial charge in [0.25, 0.3) is 0 Å². The summed E-state index contributed by atoms with van der Waals surface area (Å²) in [5.74, 6) is -0.318. The van der Waals surface area contributed by atoms with Crippen LogP contribution < -0.4 is 16.0 Å². The fourth-order valence-electron chi connectivity index (χ4n) is 7.70. The molecule has 0 saturated carbocycles. The molecule has 3 fully saturated rings. The van der Waals surface area contributed by atoms with Crippen LogP contribution in [-0.4, -0.2) is 127 Å². The number of alkyl halides is 3. The Balaban J connectivity index is 1.14. The van der Waals surface area contributed by atoms with E-state index in [1.807, 2.05) is 16.3 Å². The summed E-state index contributed by atoms with van der Waals surface area (Å²) in [6, 6.07) is 2.92. The molecule has 274 valence electrons. The molecule has 0 radical (unpaired) electrons. The first-order valence-corrected chi connectivity index (χ1v) is 18.6. The lowest BCUT2D eigenvalue weighted by Crippen LogP contribution is -2.57. The normalized spacial score (nSPS) is 21.0. The van der Waals surface area contributed by atoms with Gasteiger partial charge in [-0.15, -0.1) is 11.3 Å². The Morgan fingerprint density at radius 2 is 1.70 bits per heavy atom. The Hall–Kier alpha value is -3.27. The van der Waals surface area contributed by atoms with Crippen molar-refractivity contribution in [3.05, 3.63) is 44.6 Å². The third-order valence-electron chi connectivity index (χ3n) is 10.5. The molecule has 50 heavy (non-hydrogen) atoms. The highest BCUT2D eigenvalue weighted by atomic mass is 35.5. The van der Waals surface area contributed by atoms with Crippen LogP contribution >= 0.6 is 22.9 Å². The van der Waals surface area contributed by atoms with Crippen LogP contribution in [0.15, 0.2) is 23.6 Å². The van der Waals surface area contributed by atoms with Crippen molar-refractivity contribution in [2.45, 2.75) is 69.4 Å². The van der Waals surface area contributed by atoms with Gasteiger partial charge in [-0.1, -0.05) is 11.6 Å². The molecule has 1 aromatic carbocycles. The van der Waals surface area contributed by atoms with Crippen LogP contribution in [0.2, 0.25) is 5.02 Å². The largest absolute Gasteiger partial charge is 0.418 e. The van der Waals surface area contributed by atoms with Gasteiger partial charge in [0.1, 0.15) is 6.04 Å². The number of fused-ring (bicyclic) bond motifs is 1. The summed E-state index contributed by atoms with van der Waals surface area (Å²) in [6.07, 6.45) is -1.01. The molecule has 5 amide bonds. The van der Waals surface area contributed by atoms with Gasteiger partial charge in [-0.25, -0.2) is 9.59 Å². The Labute approximate surface area is 300 Å². The minimum atomic E-state index is -4.68. The van der Waals surface area contributed by atoms with Crippen LogP contribution in [0, 0.1) is 0 Å². The molecule has 6 rings (SSSR count). The molecule has 1 aromatic heterocycles. The first kappa shape index (κ1) is 36.5. The molecule has 4 aliphatic rings. The number of urea groups is 2. The van der Waals surface area contributed by atoms with E-state index in [4.69, 9.17) is 11.6 Å². The molecule has 4 aliphatic heterocycles. The predicted molar refractivity (Wildman–Crippen MR) is 189 cm³/mol. The van der Waals surface area contributed by atoms with Gasteiger partial charge in [0.2, 0.25) is 5.91 Å². The predicted octanol–water partition coefficient (Wildman–Crippen LogP) is 5.22. The summed E-state index contributed by atoms with van der Waals surface area (Å²) in [7, 11) is 3.50. The number of nitrogens with one attached hydrogen (secondary N) is 3. The molecule has 0 unspecified atom stereocenters. The molecule has 5 heterocycles. The molecule has 3 N–H and O–H groups in total. The SMILES string of the molecule is CNc1c(Cl)cc(C[C@@H](NC(=O)N2CCC(N3Cc4sccc4NC3=O)CC2)C(=O)N2CCC(N3CCCN(C)CC3)CC2)cc1C(F)(F)F. The van der Waals surface area contributed by atoms with Gasteiger partial charge >= 0.3 is 18.2 Å². The van der Waals surface area contributed by atoms with Crippen LogP contribution in [0.1, 0.15) is 48.1 Å². The van der Waals surface area contributed by atoms with Crippen molar-refractivity contribution in [1.29, 1.82) is 0 Å². The van der Waals surface area contributed by atoms with E-state index < -0.39 is 23.8 Å². The monoisotopic (exact) mass is 738 g/mol. The van der Waals surface area contributed by atoms with Gasteiger partial charge in [0.15, 0.2) is 0 Å². The van der Waals surface area contributed by atoms with Crippen LogP contribution in [0.25, 0.3) is 0 Å². The molecule has 1 atom stereocenters. The Morgan fingerprint density at radius 3 is 2.40 bits per heavy atom. The minimum Gasteiger partial charge on any atom is -0.386 e. The van der Waals surface area contributed by atoms with Crippen molar-refractivity contribution in [3.8, 4) is 0 Å². The van der Waals surface area contributed by atoms with Crippen molar-refractivity contribution >= 4 is 52.3 Å². The second-order valence-corrected chi connectivity index (χ2v) is 15.1. The van der Waals surface area contributed by atoms with Crippen LogP contribution in [0.4, 0.5) is 34.1 Å². The maximum Gasteiger partial charge on any atom is 0.418 e. The number of piperidine rings is 2. The van der Waals surface area contributed by atoms with Gasteiger partial charge in [-0.2, -0.15) is 13.2 Å². The van der Waals surface area contributed by atoms with E-state index in [2.05, 4.69) is 32.8 Å². The van der Waals surface area contributed by atoms with Gasteiger partial charge < -0.3 is 35.6 Å². The van der Waals surface area contributed by atoms with E-state index in [1.165, 1.54) is 13.1 Å². The highest BCUT2D eigenvalue weighted by Gasteiger charge is 2.38. The first-order valence-electron chi connectivity index (χ1n) is 17.4. The first-order chi connectivity index (χ1) is 23.9. The number of hydrogen-bond acceptors (Lipinski definition) is 7. The fourth-order valence-corrected chi connectivity index (χ4v) is 8.87. The number of carbonyl (C=O) groups excluding carboxylic acids is 3. The molecule has 0 aliphatic carbocycles. The second-order valence-electron chi connectivity index (χ2n) is 13.7. The summed E-state index contributed by atoms with van der Waals surface area (Å²) < 4.78 is 42.1. The maximum atomic E-state index is 14.1. The number of benzene rings is 1.